The maximum absolute atomic E-state index is 13.9. The molecular formula is C21H25FN2O. The van der Waals surface area contributed by atoms with Crippen LogP contribution in [0, 0.1) is 5.82 Å². The number of ether oxygens (including phenoxy) is 1. The Morgan fingerprint density at radius 1 is 1.04 bits per heavy atom. The van der Waals surface area contributed by atoms with Crippen LogP contribution in [0.4, 0.5) is 4.39 Å². The monoisotopic (exact) mass is 340 g/mol. The van der Waals surface area contributed by atoms with Gasteiger partial charge in [0.15, 0.2) is 0 Å². The first kappa shape index (κ1) is 16.7. The van der Waals surface area contributed by atoms with Crippen LogP contribution < -0.4 is 0 Å². The van der Waals surface area contributed by atoms with Crippen LogP contribution >= 0.6 is 0 Å². The summed E-state index contributed by atoms with van der Waals surface area (Å²) in [6.45, 7) is 2.89. The average molecular weight is 340 g/mol. The largest absolute Gasteiger partial charge is 0.381 e. The molecule has 4 rings (SSSR count). The molecule has 2 saturated heterocycles. The molecule has 3 nitrogen and oxygen atoms in total. The van der Waals surface area contributed by atoms with Crippen LogP contribution in [0.1, 0.15) is 48.7 Å². The number of benzene rings is 1. The normalized spacial score (nSPS) is 22.4. The lowest BCUT2D eigenvalue weighted by molar-refractivity contribution is 0.0285. The Labute approximate surface area is 148 Å². The summed E-state index contributed by atoms with van der Waals surface area (Å²) in [6.07, 6.45) is 5.16. The van der Waals surface area contributed by atoms with Crippen LogP contribution in [0.25, 0.3) is 0 Å². The average Bonchev–Trinajstić information content (AvgIpc) is 3.15. The molecule has 2 aliphatic rings. The van der Waals surface area contributed by atoms with Crippen molar-refractivity contribution < 1.29 is 9.13 Å². The minimum absolute atomic E-state index is 0.153. The van der Waals surface area contributed by atoms with Crippen molar-refractivity contribution in [1.29, 1.82) is 0 Å². The standard InChI is InChI=1S/C21H25FN2O/c22-19-7-2-1-5-16(19)15-17-6-3-8-20(23-17)21-9-4-12-24(21)18-10-13-25-14-11-18/h1-3,5-8,18,21H,4,9-15H2. The van der Waals surface area contributed by atoms with Crippen molar-refractivity contribution in [2.45, 2.75) is 44.2 Å². The third-order valence-corrected chi connectivity index (χ3v) is 5.45. The van der Waals surface area contributed by atoms with Crippen LogP contribution in [0.5, 0.6) is 0 Å². The number of nitrogens with zero attached hydrogens (tertiary/aromatic N) is 2. The van der Waals surface area contributed by atoms with Gasteiger partial charge in [0, 0.05) is 31.4 Å². The Morgan fingerprint density at radius 3 is 2.72 bits per heavy atom. The van der Waals surface area contributed by atoms with Gasteiger partial charge in [0.25, 0.3) is 0 Å². The second kappa shape index (κ2) is 7.63. The maximum Gasteiger partial charge on any atom is 0.126 e. The molecular weight excluding hydrogens is 315 g/mol. The second-order valence-corrected chi connectivity index (χ2v) is 7.06. The molecule has 0 amide bonds. The number of aromatic nitrogens is 1. The van der Waals surface area contributed by atoms with Gasteiger partial charge in [-0.15, -0.1) is 0 Å². The van der Waals surface area contributed by atoms with Gasteiger partial charge in [0.2, 0.25) is 0 Å². The smallest absolute Gasteiger partial charge is 0.126 e. The molecule has 1 aromatic heterocycles. The van der Waals surface area contributed by atoms with E-state index < -0.39 is 0 Å². The first-order valence-electron chi connectivity index (χ1n) is 9.34. The van der Waals surface area contributed by atoms with Gasteiger partial charge in [-0.1, -0.05) is 24.3 Å². The van der Waals surface area contributed by atoms with Crippen LogP contribution in [0.2, 0.25) is 0 Å². The van der Waals surface area contributed by atoms with Crippen molar-refractivity contribution in [2.75, 3.05) is 19.8 Å². The first-order chi connectivity index (χ1) is 12.3. The highest BCUT2D eigenvalue weighted by Crippen LogP contribution is 2.35. The predicted molar refractivity (Wildman–Crippen MR) is 96.0 cm³/mol. The van der Waals surface area contributed by atoms with E-state index in [0.29, 0.717) is 24.1 Å². The molecule has 1 atom stereocenters. The maximum atomic E-state index is 13.9. The summed E-state index contributed by atoms with van der Waals surface area (Å²) in [6, 6.07) is 14.2. The van der Waals surface area contributed by atoms with E-state index in [1.54, 1.807) is 6.07 Å². The van der Waals surface area contributed by atoms with E-state index >= 15 is 0 Å². The van der Waals surface area contributed by atoms with Crippen LogP contribution in [-0.2, 0) is 11.2 Å². The molecule has 0 radical (unpaired) electrons. The Bertz CT molecular complexity index is 715. The fraction of sp³-hybridized carbons (Fsp3) is 0.476. The van der Waals surface area contributed by atoms with Gasteiger partial charge in [-0.3, -0.25) is 9.88 Å². The van der Waals surface area contributed by atoms with Gasteiger partial charge in [-0.05, 0) is 56.0 Å². The van der Waals surface area contributed by atoms with E-state index in [9.17, 15) is 4.39 Å². The third-order valence-electron chi connectivity index (χ3n) is 5.45. The minimum Gasteiger partial charge on any atom is -0.381 e. The lowest BCUT2D eigenvalue weighted by atomic mass is 10.0. The molecule has 4 heteroatoms. The summed E-state index contributed by atoms with van der Waals surface area (Å²) < 4.78 is 19.5. The first-order valence-corrected chi connectivity index (χ1v) is 9.34. The van der Waals surface area contributed by atoms with Gasteiger partial charge >= 0.3 is 0 Å². The van der Waals surface area contributed by atoms with Crippen molar-refractivity contribution in [3.63, 3.8) is 0 Å². The van der Waals surface area contributed by atoms with E-state index in [-0.39, 0.29) is 5.82 Å². The number of likely N-dealkylation sites (tertiary alicyclic amines) is 1. The molecule has 1 unspecified atom stereocenters. The van der Waals surface area contributed by atoms with Crippen LogP contribution in [0.15, 0.2) is 42.5 Å². The zero-order valence-corrected chi connectivity index (χ0v) is 14.5. The van der Waals surface area contributed by atoms with Gasteiger partial charge in [0.1, 0.15) is 5.82 Å². The molecule has 2 fully saturated rings. The number of pyridine rings is 1. The quantitative estimate of drug-likeness (QED) is 0.837. The highest BCUT2D eigenvalue weighted by Gasteiger charge is 2.33. The molecule has 0 bridgehead atoms. The summed E-state index contributed by atoms with van der Waals surface area (Å²) in [5, 5.41) is 0. The Hall–Kier alpha value is -1.78. The molecule has 1 aromatic carbocycles. The van der Waals surface area contributed by atoms with Gasteiger partial charge in [-0.25, -0.2) is 4.39 Å². The summed E-state index contributed by atoms with van der Waals surface area (Å²) in [5.74, 6) is -0.153. The SMILES string of the molecule is Fc1ccccc1Cc1cccc(C2CCCN2C2CCOCC2)n1. The zero-order valence-electron chi connectivity index (χ0n) is 14.5. The Morgan fingerprint density at radius 2 is 1.88 bits per heavy atom. The summed E-state index contributed by atoms with van der Waals surface area (Å²) in [5.41, 5.74) is 2.79. The molecule has 0 N–H and O–H groups in total. The highest BCUT2D eigenvalue weighted by atomic mass is 19.1. The highest BCUT2D eigenvalue weighted by molar-refractivity contribution is 5.25. The molecule has 0 aliphatic carbocycles. The van der Waals surface area contributed by atoms with E-state index in [1.807, 2.05) is 18.2 Å². The van der Waals surface area contributed by atoms with Crippen molar-refractivity contribution in [2.24, 2.45) is 0 Å². The fourth-order valence-corrected chi connectivity index (χ4v) is 4.18. The van der Waals surface area contributed by atoms with E-state index in [1.165, 1.54) is 12.5 Å². The van der Waals surface area contributed by atoms with Gasteiger partial charge < -0.3 is 4.74 Å². The molecule has 0 saturated carbocycles. The van der Waals surface area contributed by atoms with Crippen molar-refractivity contribution >= 4 is 0 Å². The summed E-state index contributed by atoms with van der Waals surface area (Å²) >= 11 is 0. The molecule has 3 heterocycles. The Balaban J connectivity index is 1.53. The van der Waals surface area contributed by atoms with Crippen LogP contribution in [-0.4, -0.2) is 35.7 Å². The zero-order chi connectivity index (χ0) is 17.1. The van der Waals surface area contributed by atoms with Crippen molar-refractivity contribution in [1.82, 2.24) is 9.88 Å². The third kappa shape index (κ3) is 3.75. The van der Waals surface area contributed by atoms with Gasteiger partial charge in [-0.2, -0.15) is 0 Å². The van der Waals surface area contributed by atoms with Gasteiger partial charge in [0.05, 0.1) is 11.7 Å². The summed E-state index contributed by atoms with van der Waals surface area (Å²) in [4.78, 5) is 7.52. The lowest BCUT2D eigenvalue weighted by Gasteiger charge is -2.35. The minimum atomic E-state index is -0.153. The number of hydrogen-bond acceptors (Lipinski definition) is 3. The lowest BCUT2D eigenvalue weighted by Crippen LogP contribution is -2.39. The molecule has 2 aliphatic heterocycles. The number of hydrogen-bond donors (Lipinski definition) is 0. The van der Waals surface area contributed by atoms with Crippen molar-refractivity contribution in [3.05, 3.63) is 65.2 Å². The van der Waals surface area contributed by atoms with E-state index in [4.69, 9.17) is 9.72 Å². The molecule has 25 heavy (non-hydrogen) atoms. The second-order valence-electron chi connectivity index (χ2n) is 7.06. The Kier molecular flexibility index (Phi) is 5.09. The molecule has 132 valence electrons. The van der Waals surface area contributed by atoms with E-state index in [2.05, 4.69) is 17.0 Å². The molecule has 0 spiro atoms. The van der Waals surface area contributed by atoms with Crippen LogP contribution in [0.3, 0.4) is 0 Å². The number of rotatable bonds is 4. The predicted octanol–water partition coefficient (Wildman–Crippen LogP) is 4.13. The fourth-order valence-electron chi connectivity index (χ4n) is 4.18. The molecule has 2 aromatic rings. The topological polar surface area (TPSA) is 25.4 Å². The summed E-state index contributed by atoms with van der Waals surface area (Å²) in [7, 11) is 0. The number of halogens is 1. The van der Waals surface area contributed by atoms with E-state index in [0.717, 1.165) is 50.4 Å². The van der Waals surface area contributed by atoms with Crippen molar-refractivity contribution in [3.8, 4) is 0 Å².